The van der Waals surface area contributed by atoms with Crippen LogP contribution in [0, 0.1) is 0 Å². The van der Waals surface area contributed by atoms with E-state index in [2.05, 4.69) is 10.6 Å². The van der Waals surface area contributed by atoms with Gasteiger partial charge in [0.25, 0.3) is 0 Å². The van der Waals surface area contributed by atoms with Crippen molar-refractivity contribution in [2.45, 2.75) is 12.5 Å². The highest BCUT2D eigenvalue weighted by Gasteiger charge is 2.22. The maximum atomic E-state index is 12.7. The Kier molecular flexibility index (Phi) is 6.20. The van der Waals surface area contributed by atoms with E-state index >= 15 is 0 Å². The van der Waals surface area contributed by atoms with E-state index in [0.717, 1.165) is 5.56 Å². The van der Waals surface area contributed by atoms with Gasteiger partial charge < -0.3 is 15.4 Å². The maximum Gasteiger partial charge on any atom is 0.413 e. The predicted octanol–water partition coefficient (Wildman–Crippen LogP) is 4.03. The molecule has 2 N–H and O–H groups in total. The molecule has 0 aliphatic carbocycles. The molecule has 0 fully saturated rings. The van der Waals surface area contributed by atoms with Crippen molar-refractivity contribution in [3.05, 3.63) is 96.6 Å². The molecule has 0 spiro atoms. The molecule has 27 heavy (non-hydrogen) atoms. The number of anilines is 1. The second-order valence-corrected chi connectivity index (χ2v) is 5.94. The zero-order valence-corrected chi connectivity index (χ0v) is 14.7. The highest BCUT2D eigenvalue weighted by Crippen LogP contribution is 2.11. The van der Waals surface area contributed by atoms with Gasteiger partial charge in [0, 0.05) is 12.1 Å². The standard InChI is InChI=1S/C22H20N2O3/c25-21(23-18-12-6-2-7-13-18)20(16-17-10-4-1-5-11-17)24-22(26)27-19-14-8-3-9-15-19/h1-15,20H,16H2,(H,23,25)(H,24,26). The highest BCUT2D eigenvalue weighted by atomic mass is 16.6. The molecule has 0 aromatic heterocycles. The van der Waals surface area contributed by atoms with E-state index in [9.17, 15) is 9.59 Å². The van der Waals surface area contributed by atoms with E-state index in [4.69, 9.17) is 4.74 Å². The summed E-state index contributed by atoms with van der Waals surface area (Å²) in [6, 6.07) is 26.6. The average Bonchev–Trinajstić information content (AvgIpc) is 2.70. The Morgan fingerprint density at radius 1 is 0.778 bits per heavy atom. The smallest absolute Gasteiger partial charge is 0.410 e. The quantitative estimate of drug-likeness (QED) is 0.697. The second kappa shape index (κ2) is 9.20. The molecule has 1 atom stereocenters. The van der Waals surface area contributed by atoms with Gasteiger partial charge in [0.1, 0.15) is 11.8 Å². The van der Waals surface area contributed by atoms with Crippen molar-refractivity contribution in [2.24, 2.45) is 0 Å². The Bertz CT molecular complexity index is 868. The fourth-order valence-electron chi connectivity index (χ4n) is 2.58. The third-order valence-electron chi connectivity index (χ3n) is 3.89. The molecule has 0 aliphatic heterocycles. The Hall–Kier alpha value is -3.60. The van der Waals surface area contributed by atoms with Crippen LogP contribution in [0.3, 0.4) is 0 Å². The van der Waals surface area contributed by atoms with Crippen molar-refractivity contribution in [3.8, 4) is 5.75 Å². The Labute approximate surface area is 158 Å². The first-order valence-electron chi connectivity index (χ1n) is 8.64. The topological polar surface area (TPSA) is 67.4 Å². The van der Waals surface area contributed by atoms with Gasteiger partial charge in [-0.3, -0.25) is 4.79 Å². The second-order valence-electron chi connectivity index (χ2n) is 5.94. The number of carbonyl (C=O) groups is 2. The summed E-state index contributed by atoms with van der Waals surface area (Å²) in [6.45, 7) is 0. The molecule has 5 nitrogen and oxygen atoms in total. The lowest BCUT2D eigenvalue weighted by Gasteiger charge is -2.18. The van der Waals surface area contributed by atoms with Crippen LogP contribution in [0.15, 0.2) is 91.0 Å². The molecule has 3 aromatic carbocycles. The molecule has 136 valence electrons. The molecule has 0 heterocycles. The first-order chi connectivity index (χ1) is 13.2. The summed E-state index contributed by atoms with van der Waals surface area (Å²) in [7, 11) is 0. The zero-order valence-electron chi connectivity index (χ0n) is 14.7. The molecule has 5 heteroatoms. The van der Waals surface area contributed by atoms with Gasteiger partial charge in [-0.25, -0.2) is 4.79 Å². The molecule has 3 rings (SSSR count). The molecular formula is C22H20N2O3. The van der Waals surface area contributed by atoms with Gasteiger partial charge in [0.15, 0.2) is 0 Å². The maximum absolute atomic E-state index is 12.7. The van der Waals surface area contributed by atoms with Crippen LogP contribution in [0.1, 0.15) is 5.56 Å². The van der Waals surface area contributed by atoms with Crippen molar-refractivity contribution in [3.63, 3.8) is 0 Å². The van der Waals surface area contributed by atoms with E-state index in [0.29, 0.717) is 17.9 Å². The highest BCUT2D eigenvalue weighted by molar-refractivity contribution is 5.96. The van der Waals surface area contributed by atoms with Gasteiger partial charge in [0.2, 0.25) is 5.91 Å². The van der Waals surface area contributed by atoms with E-state index in [1.165, 1.54) is 0 Å². The first-order valence-corrected chi connectivity index (χ1v) is 8.64. The molecule has 2 amide bonds. The lowest BCUT2D eigenvalue weighted by molar-refractivity contribution is -0.118. The zero-order chi connectivity index (χ0) is 18.9. The summed E-state index contributed by atoms with van der Waals surface area (Å²) < 4.78 is 5.25. The minimum absolute atomic E-state index is 0.310. The van der Waals surface area contributed by atoms with Crippen LogP contribution >= 0.6 is 0 Å². The van der Waals surface area contributed by atoms with Gasteiger partial charge in [-0.15, -0.1) is 0 Å². The molecule has 0 radical (unpaired) electrons. The summed E-state index contributed by atoms with van der Waals surface area (Å²) in [4.78, 5) is 25.0. The van der Waals surface area contributed by atoms with E-state index in [1.54, 1.807) is 36.4 Å². The number of ether oxygens (including phenoxy) is 1. The lowest BCUT2D eigenvalue weighted by Crippen LogP contribution is -2.46. The largest absolute Gasteiger partial charge is 0.413 e. The predicted molar refractivity (Wildman–Crippen MR) is 105 cm³/mol. The van der Waals surface area contributed by atoms with Crippen LogP contribution in [0.5, 0.6) is 5.75 Å². The van der Waals surface area contributed by atoms with Gasteiger partial charge in [-0.1, -0.05) is 66.7 Å². The summed E-state index contributed by atoms with van der Waals surface area (Å²) in [5.74, 6) is 0.104. The van der Waals surface area contributed by atoms with Crippen molar-refractivity contribution < 1.29 is 14.3 Å². The van der Waals surface area contributed by atoms with Crippen LogP contribution < -0.4 is 15.4 Å². The third kappa shape index (κ3) is 5.71. The monoisotopic (exact) mass is 360 g/mol. The minimum atomic E-state index is -0.774. The number of hydrogen-bond donors (Lipinski definition) is 2. The molecule has 0 saturated carbocycles. The van der Waals surface area contributed by atoms with Crippen LogP contribution in [-0.2, 0) is 11.2 Å². The van der Waals surface area contributed by atoms with Gasteiger partial charge >= 0.3 is 6.09 Å². The molecule has 3 aromatic rings. The third-order valence-corrected chi connectivity index (χ3v) is 3.89. The summed E-state index contributed by atoms with van der Waals surface area (Å²) in [6.07, 6.45) is -0.325. The average molecular weight is 360 g/mol. The fraction of sp³-hybridized carbons (Fsp3) is 0.0909. The summed E-state index contributed by atoms with van der Waals surface area (Å²) in [5, 5.41) is 5.48. The fourth-order valence-corrected chi connectivity index (χ4v) is 2.58. The molecular weight excluding hydrogens is 340 g/mol. The van der Waals surface area contributed by atoms with Crippen molar-refractivity contribution in [1.29, 1.82) is 0 Å². The number of rotatable bonds is 6. The normalized spacial score (nSPS) is 11.3. The number of amides is 2. The Morgan fingerprint density at radius 2 is 1.33 bits per heavy atom. The van der Waals surface area contributed by atoms with Crippen LogP contribution in [0.2, 0.25) is 0 Å². The number of benzene rings is 3. The molecule has 0 aliphatic rings. The van der Waals surface area contributed by atoms with E-state index < -0.39 is 12.1 Å². The number of para-hydroxylation sites is 2. The van der Waals surface area contributed by atoms with Crippen molar-refractivity contribution in [2.75, 3.05) is 5.32 Å². The summed E-state index contributed by atoms with van der Waals surface area (Å²) >= 11 is 0. The van der Waals surface area contributed by atoms with Crippen LogP contribution in [0.25, 0.3) is 0 Å². The van der Waals surface area contributed by atoms with Crippen LogP contribution in [0.4, 0.5) is 10.5 Å². The van der Waals surface area contributed by atoms with E-state index in [1.807, 2.05) is 54.6 Å². The lowest BCUT2D eigenvalue weighted by atomic mass is 10.1. The molecule has 1 unspecified atom stereocenters. The molecule has 0 bridgehead atoms. The molecule has 0 saturated heterocycles. The van der Waals surface area contributed by atoms with Crippen molar-refractivity contribution in [1.82, 2.24) is 5.32 Å². The van der Waals surface area contributed by atoms with Gasteiger partial charge in [-0.2, -0.15) is 0 Å². The number of carbonyl (C=O) groups excluding carboxylic acids is 2. The Balaban J connectivity index is 1.70. The van der Waals surface area contributed by atoms with Gasteiger partial charge in [0.05, 0.1) is 0 Å². The number of nitrogens with one attached hydrogen (secondary N) is 2. The Morgan fingerprint density at radius 3 is 1.96 bits per heavy atom. The first kappa shape index (κ1) is 18.2. The SMILES string of the molecule is O=C(NC(Cc1ccccc1)C(=O)Nc1ccccc1)Oc1ccccc1. The van der Waals surface area contributed by atoms with Gasteiger partial charge in [-0.05, 0) is 29.8 Å². The van der Waals surface area contributed by atoms with Crippen molar-refractivity contribution >= 4 is 17.7 Å². The van der Waals surface area contributed by atoms with Crippen LogP contribution in [-0.4, -0.2) is 18.0 Å². The summed E-state index contributed by atoms with van der Waals surface area (Å²) in [5.41, 5.74) is 1.60. The van der Waals surface area contributed by atoms with E-state index in [-0.39, 0.29) is 5.91 Å². The minimum Gasteiger partial charge on any atom is -0.410 e. The number of hydrogen-bond acceptors (Lipinski definition) is 3.